The van der Waals surface area contributed by atoms with Crippen LogP contribution in [0, 0.1) is 6.92 Å². The van der Waals surface area contributed by atoms with Gasteiger partial charge in [0, 0.05) is 10.9 Å². The number of alkyl halides is 3. The monoisotopic (exact) mass is 281 g/mol. The lowest BCUT2D eigenvalue weighted by atomic mass is 10.2. The maximum atomic E-state index is 12.7. The quantitative estimate of drug-likeness (QED) is 0.739. The summed E-state index contributed by atoms with van der Waals surface area (Å²) >= 11 is 0. The van der Waals surface area contributed by atoms with Gasteiger partial charge >= 0.3 is 6.18 Å². The van der Waals surface area contributed by atoms with Crippen molar-refractivity contribution in [1.82, 2.24) is 10.2 Å². The molecule has 0 radical (unpaired) electrons. The maximum Gasteiger partial charge on any atom is 0.433 e. The van der Waals surface area contributed by atoms with E-state index in [1.807, 2.05) is 5.10 Å². The van der Waals surface area contributed by atoms with Crippen molar-refractivity contribution in [3.8, 4) is 0 Å². The minimum atomic E-state index is -4.45. The summed E-state index contributed by atoms with van der Waals surface area (Å²) in [5.74, 6) is 0.144. The number of furan rings is 1. The maximum absolute atomic E-state index is 12.7. The Labute approximate surface area is 111 Å². The molecule has 3 rings (SSSR count). The number of anilines is 2. The van der Waals surface area contributed by atoms with Gasteiger partial charge in [0.25, 0.3) is 0 Å². The number of nitrogens with one attached hydrogen (secondary N) is 2. The summed E-state index contributed by atoms with van der Waals surface area (Å²) in [5.41, 5.74) is 0.469. The van der Waals surface area contributed by atoms with E-state index in [-0.39, 0.29) is 11.4 Å². The summed E-state index contributed by atoms with van der Waals surface area (Å²) in [6.07, 6.45) is -2.92. The third-order valence-corrected chi connectivity index (χ3v) is 3.04. The molecule has 20 heavy (non-hydrogen) atoms. The van der Waals surface area contributed by atoms with Gasteiger partial charge in [0.1, 0.15) is 11.3 Å². The molecule has 1 aromatic carbocycles. The second kappa shape index (κ2) is 4.29. The van der Waals surface area contributed by atoms with E-state index >= 15 is 0 Å². The summed E-state index contributed by atoms with van der Waals surface area (Å²) in [5, 5.41) is 9.37. The van der Waals surface area contributed by atoms with Crippen molar-refractivity contribution in [2.45, 2.75) is 13.1 Å². The van der Waals surface area contributed by atoms with Gasteiger partial charge in [-0.1, -0.05) is 6.07 Å². The molecule has 3 aromatic rings. The lowest BCUT2D eigenvalue weighted by Gasteiger charge is -2.07. The van der Waals surface area contributed by atoms with Crippen molar-refractivity contribution < 1.29 is 17.6 Å². The Kier molecular flexibility index (Phi) is 2.70. The Morgan fingerprint density at radius 2 is 2.05 bits per heavy atom. The molecule has 0 fully saturated rings. The van der Waals surface area contributed by atoms with E-state index in [4.69, 9.17) is 4.42 Å². The number of nitrogens with zero attached hydrogens (tertiary/aromatic N) is 1. The van der Waals surface area contributed by atoms with E-state index < -0.39 is 11.9 Å². The molecule has 104 valence electrons. The third kappa shape index (κ3) is 2.01. The Morgan fingerprint density at radius 3 is 2.75 bits per heavy atom. The van der Waals surface area contributed by atoms with Gasteiger partial charge in [0.05, 0.1) is 12.0 Å². The molecule has 7 heteroatoms. The zero-order chi connectivity index (χ0) is 14.3. The number of aromatic nitrogens is 2. The van der Waals surface area contributed by atoms with Gasteiger partial charge in [-0.3, -0.25) is 5.10 Å². The predicted molar refractivity (Wildman–Crippen MR) is 67.8 cm³/mol. The van der Waals surface area contributed by atoms with Gasteiger partial charge in [-0.25, -0.2) is 0 Å². The van der Waals surface area contributed by atoms with Crippen molar-refractivity contribution >= 4 is 22.5 Å². The lowest BCUT2D eigenvalue weighted by molar-refractivity contribution is -0.141. The summed E-state index contributed by atoms with van der Waals surface area (Å²) < 4.78 is 43.3. The van der Waals surface area contributed by atoms with Gasteiger partial charge in [-0.05, 0) is 25.1 Å². The molecule has 4 nitrogen and oxygen atoms in total. The topological polar surface area (TPSA) is 53.9 Å². The number of fused-ring (bicyclic) bond motifs is 1. The van der Waals surface area contributed by atoms with E-state index in [1.54, 1.807) is 24.3 Å². The molecule has 2 aromatic heterocycles. The van der Waals surface area contributed by atoms with Crippen LogP contribution in [0.5, 0.6) is 0 Å². The summed E-state index contributed by atoms with van der Waals surface area (Å²) in [6, 6.07) is 7.02. The van der Waals surface area contributed by atoms with Crippen LogP contribution in [0.15, 0.2) is 34.9 Å². The van der Waals surface area contributed by atoms with Gasteiger partial charge in [-0.15, -0.1) is 0 Å². The molecular weight excluding hydrogens is 271 g/mol. The number of H-pyrrole nitrogens is 1. The van der Waals surface area contributed by atoms with Gasteiger partial charge < -0.3 is 9.73 Å². The fraction of sp³-hybridized carbons (Fsp3) is 0.154. The highest BCUT2D eigenvalue weighted by Crippen LogP contribution is 2.34. The van der Waals surface area contributed by atoms with Crippen LogP contribution in [0.2, 0.25) is 0 Å². The molecule has 0 amide bonds. The minimum Gasteiger partial charge on any atom is -0.464 e. The van der Waals surface area contributed by atoms with E-state index in [0.717, 1.165) is 5.39 Å². The van der Waals surface area contributed by atoms with E-state index in [9.17, 15) is 13.2 Å². The molecule has 0 aliphatic carbocycles. The SMILES string of the molecule is Cc1c(Nc2cccc3occc23)n[nH]c1C(F)(F)F. The Morgan fingerprint density at radius 1 is 1.25 bits per heavy atom. The van der Waals surface area contributed by atoms with Gasteiger partial charge in [0.2, 0.25) is 0 Å². The van der Waals surface area contributed by atoms with Crippen molar-refractivity contribution in [3.63, 3.8) is 0 Å². The van der Waals surface area contributed by atoms with E-state index in [0.29, 0.717) is 11.3 Å². The Bertz CT molecular complexity index is 758. The number of hydrogen-bond acceptors (Lipinski definition) is 3. The second-order valence-corrected chi connectivity index (χ2v) is 4.33. The normalized spacial score (nSPS) is 12.0. The van der Waals surface area contributed by atoms with E-state index in [2.05, 4.69) is 10.4 Å². The smallest absolute Gasteiger partial charge is 0.433 e. The molecule has 0 spiro atoms. The molecule has 0 aliphatic heterocycles. The summed E-state index contributed by atoms with van der Waals surface area (Å²) in [6.45, 7) is 1.37. The van der Waals surface area contributed by atoms with Crippen molar-refractivity contribution in [1.29, 1.82) is 0 Å². The van der Waals surface area contributed by atoms with Crippen LogP contribution in [0.1, 0.15) is 11.3 Å². The lowest BCUT2D eigenvalue weighted by Crippen LogP contribution is -2.07. The van der Waals surface area contributed by atoms with Crippen molar-refractivity contribution in [2.24, 2.45) is 0 Å². The van der Waals surface area contributed by atoms with Crippen LogP contribution in [0.25, 0.3) is 11.0 Å². The zero-order valence-corrected chi connectivity index (χ0v) is 10.4. The average Bonchev–Trinajstić information content (AvgIpc) is 2.96. The summed E-state index contributed by atoms with van der Waals surface area (Å²) in [4.78, 5) is 0. The van der Waals surface area contributed by atoms with Gasteiger partial charge in [0.15, 0.2) is 5.82 Å². The van der Waals surface area contributed by atoms with E-state index in [1.165, 1.54) is 13.2 Å². The standard InChI is InChI=1S/C13H10F3N3O/c1-7-11(13(14,15)16)18-19-12(7)17-9-3-2-4-10-8(9)5-6-20-10/h2-6H,1H3,(H2,17,18,19). The highest BCUT2D eigenvalue weighted by molar-refractivity contribution is 5.92. The Hall–Kier alpha value is -2.44. The third-order valence-electron chi connectivity index (χ3n) is 3.04. The molecule has 0 saturated carbocycles. The first-order valence-electron chi connectivity index (χ1n) is 5.82. The predicted octanol–water partition coefficient (Wildman–Crippen LogP) is 4.23. The second-order valence-electron chi connectivity index (χ2n) is 4.33. The van der Waals surface area contributed by atoms with Crippen LogP contribution >= 0.6 is 0 Å². The van der Waals surface area contributed by atoms with Crippen molar-refractivity contribution in [2.75, 3.05) is 5.32 Å². The first-order chi connectivity index (χ1) is 9.47. The molecule has 0 unspecified atom stereocenters. The fourth-order valence-electron chi connectivity index (χ4n) is 2.03. The molecule has 2 N–H and O–H groups in total. The zero-order valence-electron chi connectivity index (χ0n) is 10.4. The molecule has 0 aliphatic rings. The number of hydrogen-bond donors (Lipinski definition) is 2. The number of halogens is 3. The number of aromatic amines is 1. The minimum absolute atomic E-state index is 0.0259. The number of benzene rings is 1. The van der Waals surface area contributed by atoms with Crippen LogP contribution in [0.4, 0.5) is 24.7 Å². The molecule has 0 bridgehead atoms. The van der Waals surface area contributed by atoms with Crippen LogP contribution in [0.3, 0.4) is 0 Å². The molecule has 2 heterocycles. The fourth-order valence-corrected chi connectivity index (χ4v) is 2.03. The molecule has 0 saturated heterocycles. The molecular formula is C13H10F3N3O. The van der Waals surface area contributed by atoms with Crippen molar-refractivity contribution in [3.05, 3.63) is 41.8 Å². The van der Waals surface area contributed by atoms with Crippen LogP contribution < -0.4 is 5.32 Å². The van der Waals surface area contributed by atoms with Crippen LogP contribution in [-0.4, -0.2) is 10.2 Å². The first-order valence-corrected chi connectivity index (χ1v) is 5.82. The Balaban J connectivity index is 2.00. The highest BCUT2D eigenvalue weighted by atomic mass is 19.4. The van der Waals surface area contributed by atoms with Gasteiger partial charge in [-0.2, -0.15) is 18.3 Å². The van der Waals surface area contributed by atoms with Crippen LogP contribution in [-0.2, 0) is 6.18 Å². The average molecular weight is 281 g/mol. The summed E-state index contributed by atoms with van der Waals surface area (Å²) in [7, 11) is 0. The number of rotatable bonds is 2. The first kappa shape index (κ1) is 12.6. The largest absolute Gasteiger partial charge is 0.464 e. The highest BCUT2D eigenvalue weighted by Gasteiger charge is 2.35. The molecule has 0 atom stereocenters.